The molecule has 0 spiro atoms. The summed E-state index contributed by atoms with van der Waals surface area (Å²) in [5.74, 6) is 1.01. The van der Waals surface area contributed by atoms with Crippen LogP contribution >= 0.6 is 11.6 Å². The van der Waals surface area contributed by atoms with Crippen molar-refractivity contribution in [2.75, 3.05) is 17.2 Å². The van der Waals surface area contributed by atoms with Gasteiger partial charge in [0.15, 0.2) is 6.61 Å². The van der Waals surface area contributed by atoms with Crippen molar-refractivity contribution in [3.63, 3.8) is 0 Å². The zero-order chi connectivity index (χ0) is 18.2. The van der Waals surface area contributed by atoms with Crippen molar-refractivity contribution in [2.45, 2.75) is 6.54 Å². The Morgan fingerprint density at radius 1 is 1.04 bits per heavy atom. The highest BCUT2D eigenvalue weighted by Gasteiger charge is 2.05. The van der Waals surface area contributed by atoms with Crippen molar-refractivity contribution in [3.8, 4) is 5.75 Å². The maximum absolute atomic E-state index is 11.9. The lowest BCUT2D eigenvalue weighted by molar-refractivity contribution is -0.118. The molecule has 2 heterocycles. The van der Waals surface area contributed by atoms with E-state index in [0.29, 0.717) is 28.8 Å². The van der Waals surface area contributed by atoms with Crippen molar-refractivity contribution < 1.29 is 9.53 Å². The summed E-state index contributed by atoms with van der Waals surface area (Å²) in [5, 5.41) is 6.52. The van der Waals surface area contributed by atoms with Crippen LogP contribution in [0.1, 0.15) is 5.69 Å². The standard InChI is InChI=1S/C19H17ClN4O2/c20-14-4-7-17(8-5-14)26-13-19(25)24-16-6-9-18(23-12-16)22-11-15-3-1-2-10-21-15/h1-10,12H,11,13H2,(H,22,23)(H,24,25). The molecule has 2 aromatic heterocycles. The maximum Gasteiger partial charge on any atom is 0.262 e. The Morgan fingerprint density at radius 2 is 1.88 bits per heavy atom. The molecule has 2 N–H and O–H groups in total. The van der Waals surface area contributed by atoms with Gasteiger partial charge in [0.25, 0.3) is 5.91 Å². The first kappa shape index (κ1) is 17.7. The van der Waals surface area contributed by atoms with Gasteiger partial charge in [-0.1, -0.05) is 17.7 Å². The first-order valence-corrected chi connectivity index (χ1v) is 8.35. The monoisotopic (exact) mass is 368 g/mol. The van der Waals surface area contributed by atoms with Gasteiger partial charge in [0.05, 0.1) is 24.1 Å². The van der Waals surface area contributed by atoms with Crippen molar-refractivity contribution in [3.05, 3.63) is 77.7 Å². The van der Waals surface area contributed by atoms with Gasteiger partial charge in [0, 0.05) is 11.2 Å². The number of nitrogens with zero attached hydrogens (tertiary/aromatic N) is 2. The average Bonchev–Trinajstić information content (AvgIpc) is 2.68. The van der Waals surface area contributed by atoms with Crippen LogP contribution in [-0.2, 0) is 11.3 Å². The lowest BCUT2D eigenvalue weighted by Crippen LogP contribution is -2.20. The molecule has 6 nitrogen and oxygen atoms in total. The Bertz CT molecular complexity index is 840. The smallest absolute Gasteiger partial charge is 0.262 e. The number of rotatable bonds is 7. The van der Waals surface area contributed by atoms with Gasteiger partial charge in [-0.15, -0.1) is 0 Å². The van der Waals surface area contributed by atoms with Crippen LogP contribution in [0.15, 0.2) is 67.0 Å². The number of ether oxygens (including phenoxy) is 1. The maximum atomic E-state index is 11.9. The van der Waals surface area contributed by atoms with E-state index in [1.165, 1.54) is 0 Å². The second kappa shape index (κ2) is 8.82. The summed E-state index contributed by atoms with van der Waals surface area (Å²) < 4.78 is 5.40. The summed E-state index contributed by atoms with van der Waals surface area (Å²) in [6.07, 6.45) is 3.33. The molecule has 0 atom stereocenters. The van der Waals surface area contributed by atoms with E-state index in [9.17, 15) is 4.79 Å². The van der Waals surface area contributed by atoms with Crippen LogP contribution in [0.4, 0.5) is 11.5 Å². The van der Waals surface area contributed by atoms with Crippen LogP contribution < -0.4 is 15.4 Å². The highest BCUT2D eigenvalue weighted by atomic mass is 35.5. The van der Waals surface area contributed by atoms with Gasteiger partial charge in [0.1, 0.15) is 11.6 Å². The fourth-order valence-corrected chi connectivity index (χ4v) is 2.26. The van der Waals surface area contributed by atoms with Crippen molar-refractivity contribution in [1.29, 1.82) is 0 Å². The van der Waals surface area contributed by atoms with Crippen LogP contribution in [0.25, 0.3) is 0 Å². The van der Waals surface area contributed by atoms with Crippen molar-refractivity contribution >= 4 is 29.0 Å². The number of hydrogen-bond acceptors (Lipinski definition) is 5. The third-order valence-electron chi connectivity index (χ3n) is 3.41. The van der Waals surface area contributed by atoms with E-state index in [-0.39, 0.29) is 12.5 Å². The predicted molar refractivity (Wildman–Crippen MR) is 101 cm³/mol. The fraction of sp³-hybridized carbons (Fsp3) is 0.105. The Kier molecular flexibility index (Phi) is 6.01. The molecular formula is C19H17ClN4O2. The molecule has 0 aliphatic carbocycles. The predicted octanol–water partition coefficient (Wildman–Crippen LogP) is 3.76. The summed E-state index contributed by atoms with van der Waals surface area (Å²) in [4.78, 5) is 20.4. The van der Waals surface area contributed by atoms with Crippen LogP contribution in [-0.4, -0.2) is 22.5 Å². The molecule has 0 aliphatic rings. The Morgan fingerprint density at radius 3 is 2.58 bits per heavy atom. The summed E-state index contributed by atoms with van der Waals surface area (Å²) in [5.41, 5.74) is 1.52. The molecule has 0 unspecified atom stereocenters. The Labute approximate surface area is 156 Å². The van der Waals surface area contributed by atoms with E-state index in [1.54, 1.807) is 48.8 Å². The number of benzene rings is 1. The molecule has 3 rings (SSSR count). The number of amides is 1. The molecule has 3 aromatic rings. The molecule has 1 aromatic carbocycles. The zero-order valence-corrected chi connectivity index (χ0v) is 14.6. The summed E-state index contributed by atoms with van der Waals surface area (Å²) >= 11 is 5.80. The molecule has 0 radical (unpaired) electrons. The minimum absolute atomic E-state index is 0.0959. The summed E-state index contributed by atoms with van der Waals surface area (Å²) in [6.45, 7) is 0.482. The first-order chi connectivity index (χ1) is 12.7. The number of carbonyl (C=O) groups excluding carboxylic acids is 1. The topological polar surface area (TPSA) is 76.1 Å². The molecule has 0 aliphatic heterocycles. The van der Waals surface area contributed by atoms with Gasteiger partial charge in [-0.2, -0.15) is 0 Å². The molecular weight excluding hydrogens is 352 g/mol. The van der Waals surface area contributed by atoms with Gasteiger partial charge >= 0.3 is 0 Å². The number of anilines is 2. The van der Waals surface area contributed by atoms with Gasteiger partial charge < -0.3 is 15.4 Å². The average molecular weight is 369 g/mol. The van der Waals surface area contributed by atoms with Crippen LogP contribution in [0.5, 0.6) is 5.75 Å². The molecule has 0 saturated carbocycles. The van der Waals surface area contributed by atoms with Crippen molar-refractivity contribution in [2.24, 2.45) is 0 Å². The van der Waals surface area contributed by atoms with E-state index < -0.39 is 0 Å². The highest BCUT2D eigenvalue weighted by molar-refractivity contribution is 6.30. The minimum atomic E-state index is -0.268. The SMILES string of the molecule is O=C(COc1ccc(Cl)cc1)Nc1ccc(NCc2ccccn2)nc1. The molecule has 1 amide bonds. The van der Waals surface area contributed by atoms with E-state index in [2.05, 4.69) is 20.6 Å². The molecule has 0 bridgehead atoms. The van der Waals surface area contributed by atoms with Crippen molar-refractivity contribution in [1.82, 2.24) is 9.97 Å². The fourth-order valence-electron chi connectivity index (χ4n) is 2.13. The Hall–Kier alpha value is -3.12. The van der Waals surface area contributed by atoms with Crippen LogP contribution in [0.2, 0.25) is 5.02 Å². The van der Waals surface area contributed by atoms with E-state index in [1.807, 2.05) is 18.2 Å². The lowest BCUT2D eigenvalue weighted by atomic mass is 10.3. The quantitative estimate of drug-likeness (QED) is 0.664. The van der Waals surface area contributed by atoms with Gasteiger partial charge in [-0.25, -0.2) is 4.98 Å². The third-order valence-corrected chi connectivity index (χ3v) is 3.66. The minimum Gasteiger partial charge on any atom is -0.484 e. The second-order valence-corrected chi connectivity index (χ2v) is 5.83. The largest absolute Gasteiger partial charge is 0.484 e. The normalized spacial score (nSPS) is 10.2. The van der Waals surface area contributed by atoms with Gasteiger partial charge in [0.2, 0.25) is 0 Å². The number of carbonyl (C=O) groups is 1. The molecule has 0 fully saturated rings. The molecule has 132 valence electrons. The number of pyridine rings is 2. The number of halogens is 1. The first-order valence-electron chi connectivity index (χ1n) is 7.97. The number of aromatic nitrogens is 2. The molecule has 7 heteroatoms. The Balaban J connectivity index is 1.45. The highest BCUT2D eigenvalue weighted by Crippen LogP contribution is 2.15. The second-order valence-electron chi connectivity index (χ2n) is 5.40. The van der Waals surface area contributed by atoms with Crippen LogP contribution in [0, 0.1) is 0 Å². The summed E-state index contributed by atoms with van der Waals surface area (Å²) in [6, 6.07) is 16.1. The summed E-state index contributed by atoms with van der Waals surface area (Å²) in [7, 11) is 0. The number of hydrogen-bond donors (Lipinski definition) is 2. The van der Waals surface area contributed by atoms with E-state index >= 15 is 0 Å². The lowest BCUT2D eigenvalue weighted by Gasteiger charge is -2.09. The zero-order valence-electron chi connectivity index (χ0n) is 13.9. The van der Waals surface area contributed by atoms with Gasteiger partial charge in [-0.3, -0.25) is 9.78 Å². The van der Waals surface area contributed by atoms with E-state index in [0.717, 1.165) is 5.69 Å². The molecule has 26 heavy (non-hydrogen) atoms. The van der Waals surface area contributed by atoms with E-state index in [4.69, 9.17) is 16.3 Å². The third kappa shape index (κ3) is 5.46. The molecule has 0 saturated heterocycles. The van der Waals surface area contributed by atoms with Crippen LogP contribution in [0.3, 0.4) is 0 Å². The van der Waals surface area contributed by atoms with Gasteiger partial charge in [-0.05, 0) is 48.5 Å². The number of nitrogens with one attached hydrogen (secondary N) is 2.